The summed E-state index contributed by atoms with van der Waals surface area (Å²) in [5, 5.41) is 9.77. The van der Waals surface area contributed by atoms with Crippen molar-refractivity contribution in [2.24, 2.45) is 0 Å². The Balaban J connectivity index is 1.36. The molecule has 0 aromatic heterocycles. The molecular weight excluding hydrogens is 657 g/mol. The number of methoxy groups -OCH3 is 2. The van der Waals surface area contributed by atoms with Crippen molar-refractivity contribution in [1.29, 1.82) is 0 Å². The Morgan fingerprint density at radius 2 is 1.26 bits per heavy atom. The number of ether oxygens (including phenoxy) is 4. The molecular formula is C37H54N4O8Si. The van der Waals surface area contributed by atoms with Crippen molar-refractivity contribution in [3.05, 3.63) is 59.7 Å². The van der Waals surface area contributed by atoms with Crippen molar-refractivity contribution >= 4 is 31.5 Å². The first-order chi connectivity index (χ1) is 23.5. The minimum Gasteiger partial charge on any atom is -0.493 e. The second-order valence-corrected chi connectivity index (χ2v) is 19.4. The molecule has 0 bridgehead atoms. The predicted octanol–water partition coefficient (Wildman–Crippen LogP) is 5.27. The number of benzene rings is 2. The van der Waals surface area contributed by atoms with E-state index in [1.54, 1.807) is 34.1 Å². The molecule has 2 aromatic carbocycles. The lowest BCUT2D eigenvalue weighted by molar-refractivity contribution is 0.0676. The highest BCUT2D eigenvalue weighted by Gasteiger charge is 2.40. The molecule has 0 saturated carbocycles. The quantitative estimate of drug-likeness (QED) is 0.102. The van der Waals surface area contributed by atoms with Crippen LogP contribution in [-0.4, -0.2) is 101 Å². The molecule has 50 heavy (non-hydrogen) atoms. The molecule has 0 radical (unpaired) electrons. The lowest BCUT2D eigenvalue weighted by Gasteiger charge is -2.38. The lowest BCUT2D eigenvalue weighted by Crippen LogP contribution is -2.46. The van der Waals surface area contributed by atoms with Crippen LogP contribution < -0.4 is 30.4 Å². The lowest BCUT2D eigenvalue weighted by atomic mass is 10.1. The summed E-state index contributed by atoms with van der Waals surface area (Å²) in [5.74, 6) is 1.01. The molecule has 12 nitrogen and oxygen atoms in total. The number of hydrogen-bond donors (Lipinski definition) is 3. The molecule has 2 atom stereocenters. The van der Waals surface area contributed by atoms with E-state index in [1.165, 1.54) is 14.2 Å². The highest BCUT2D eigenvalue weighted by molar-refractivity contribution is 6.74. The van der Waals surface area contributed by atoms with Gasteiger partial charge < -0.3 is 49.7 Å². The summed E-state index contributed by atoms with van der Waals surface area (Å²) < 4.78 is 29.5. The van der Waals surface area contributed by atoms with Gasteiger partial charge in [-0.15, -0.1) is 0 Å². The fourth-order valence-electron chi connectivity index (χ4n) is 5.86. The van der Waals surface area contributed by atoms with Gasteiger partial charge in [-0.25, -0.2) is 0 Å². The van der Waals surface area contributed by atoms with Crippen molar-refractivity contribution in [2.45, 2.75) is 70.2 Å². The minimum absolute atomic E-state index is 0.0568. The number of carbonyl (C=O) groups excluding carboxylic acids is 2. The number of likely N-dealkylation sites (tertiary alicyclic amines) is 2. The van der Waals surface area contributed by atoms with Crippen LogP contribution >= 0.6 is 0 Å². The maximum atomic E-state index is 13.8. The second-order valence-electron chi connectivity index (χ2n) is 14.6. The van der Waals surface area contributed by atoms with Crippen molar-refractivity contribution in [1.82, 2.24) is 9.80 Å². The number of carbonyl (C=O) groups is 2. The highest BCUT2D eigenvalue weighted by Crippen LogP contribution is 2.39. The van der Waals surface area contributed by atoms with Gasteiger partial charge in [-0.3, -0.25) is 9.59 Å². The number of anilines is 2. The zero-order valence-electron chi connectivity index (χ0n) is 30.6. The maximum Gasteiger partial charge on any atom is 0.256 e. The Bertz CT molecular complexity index is 1600. The van der Waals surface area contributed by atoms with Crippen molar-refractivity contribution in [2.75, 3.05) is 65.2 Å². The second kappa shape index (κ2) is 15.8. The van der Waals surface area contributed by atoms with Gasteiger partial charge in [0.1, 0.15) is 0 Å². The summed E-state index contributed by atoms with van der Waals surface area (Å²) in [5.41, 5.74) is 15.6. The predicted molar refractivity (Wildman–Crippen MR) is 198 cm³/mol. The van der Waals surface area contributed by atoms with E-state index in [-0.39, 0.29) is 65.7 Å². The number of nitrogens with two attached hydrogens (primary N) is 2. The molecule has 5 N–H and O–H groups in total. The highest BCUT2D eigenvalue weighted by atomic mass is 28.4. The Hall–Kier alpha value is -4.20. The van der Waals surface area contributed by atoms with Gasteiger partial charge in [0, 0.05) is 43.0 Å². The first-order valence-electron chi connectivity index (χ1n) is 16.9. The van der Waals surface area contributed by atoms with Gasteiger partial charge in [0.05, 0.1) is 63.9 Å². The van der Waals surface area contributed by atoms with Crippen LogP contribution in [0.15, 0.2) is 48.6 Å². The zero-order chi connectivity index (χ0) is 37.0. The number of hydrogen-bond acceptors (Lipinski definition) is 10. The topological polar surface area (TPSA) is 159 Å². The molecule has 2 amide bonds. The summed E-state index contributed by atoms with van der Waals surface area (Å²) in [7, 11) is 0.990. The van der Waals surface area contributed by atoms with E-state index < -0.39 is 8.32 Å². The normalized spacial score (nSPS) is 18.1. The standard InChI is InChI=1S/C37H54N4O8Si/c1-23-13-25(21-42)40(19-23)35(43)27-15-31(45-6)33(17-29(27)38)47-11-10-12-48-34-18-30(39)28(16-32(34)46-7)36(44)41-20-24(2)14-26(41)22-49-50(8,9)37(3,4)5/h15-18,25-26,42H,1-2,10-14,19-22,38-39H2,3-9H3/t25-,26-/m0/s1. The van der Waals surface area contributed by atoms with Gasteiger partial charge in [0.15, 0.2) is 31.3 Å². The average Bonchev–Trinajstić information content (AvgIpc) is 3.64. The molecule has 2 saturated heterocycles. The summed E-state index contributed by atoms with van der Waals surface area (Å²) in [6.45, 7) is 20.7. The number of aliphatic hydroxyl groups excluding tert-OH is 1. The minimum atomic E-state index is -2.01. The SMILES string of the molecule is C=C1C[C@@H](CO)N(C(=O)c2cc(OC)c(OCCCOc3cc(N)c(C(=O)N4CC(=C)C[C@H]4CO[Si](C)(C)C(C)(C)C)cc3OC)cc2N)C1. The van der Waals surface area contributed by atoms with Crippen LogP contribution in [0, 0.1) is 0 Å². The van der Waals surface area contributed by atoms with E-state index in [9.17, 15) is 14.7 Å². The van der Waals surface area contributed by atoms with Gasteiger partial charge in [0.25, 0.3) is 11.8 Å². The largest absolute Gasteiger partial charge is 0.493 e. The van der Waals surface area contributed by atoms with Crippen molar-refractivity contribution in [3.63, 3.8) is 0 Å². The Kier molecular flexibility index (Phi) is 12.2. The van der Waals surface area contributed by atoms with E-state index >= 15 is 0 Å². The van der Waals surface area contributed by atoms with Crippen molar-refractivity contribution < 1.29 is 38.1 Å². The fourth-order valence-corrected chi connectivity index (χ4v) is 6.91. The Labute approximate surface area is 297 Å². The van der Waals surface area contributed by atoms with E-state index in [2.05, 4.69) is 47.0 Å². The number of amides is 2. The molecule has 2 aromatic rings. The van der Waals surface area contributed by atoms with E-state index in [0.29, 0.717) is 67.5 Å². The van der Waals surface area contributed by atoms with Crippen molar-refractivity contribution in [3.8, 4) is 23.0 Å². The molecule has 2 heterocycles. The summed E-state index contributed by atoms with van der Waals surface area (Å²) in [4.78, 5) is 30.4. The number of nitrogen functional groups attached to an aromatic ring is 2. The molecule has 0 aliphatic carbocycles. The van der Waals surface area contributed by atoms with E-state index in [4.69, 9.17) is 34.8 Å². The number of rotatable bonds is 14. The Morgan fingerprint density at radius 3 is 1.68 bits per heavy atom. The van der Waals surface area contributed by atoms with Gasteiger partial charge >= 0.3 is 0 Å². The van der Waals surface area contributed by atoms with E-state index in [0.717, 1.165) is 11.1 Å². The molecule has 4 rings (SSSR count). The molecule has 2 fully saturated rings. The summed E-state index contributed by atoms with van der Waals surface area (Å²) in [6, 6.07) is 5.88. The third-order valence-corrected chi connectivity index (χ3v) is 14.3. The Morgan fingerprint density at radius 1 is 0.820 bits per heavy atom. The third kappa shape index (κ3) is 8.56. The first kappa shape index (κ1) is 38.6. The first-order valence-corrected chi connectivity index (χ1v) is 19.8. The summed E-state index contributed by atoms with van der Waals surface area (Å²) in [6.07, 6.45) is 1.71. The molecule has 0 unspecified atom stereocenters. The van der Waals surface area contributed by atoms with Gasteiger partial charge in [0.2, 0.25) is 0 Å². The average molecular weight is 711 g/mol. The number of nitrogens with zero attached hydrogens (tertiary/aromatic N) is 2. The number of aliphatic hydroxyl groups is 1. The smallest absolute Gasteiger partial charge is 0.256 e. The fraction of sp³-hybridized carbons (Fsp3) is 0.514. The van der Waals surface area contributed by atoms with Gasteiger partial charge in [-0.2, -0.15) is 0 Å². The van der Waals surface area contributed by atoms with Crippen LogP contribution in [0.4, 0.5) is 11.4 Å². The van der Waals surface area contributed by atoms with Crippen LogP contribution in [-0.2, 0) is 4.43 Å². The van der Waals surface area contributed by atoms with Gasteiger partial charge in [-0.1, -0.05) is 45.1 Å². The van der Waals surface area contributed by atoms with Crippen LogP contribution in [0.3, 0.4) is 0 Å². The molecule has 2 aliphatic heterocycles. The van der Waals surface area contributed by atoms with Gasteiger partial charge in [-0.05, 0) is 43.1 Å². The van der Waals surface area contributed by atoms with Crippen LogP contribution in [0.1, 0.15) is 60.7 Å². The monoisotopic (exact) mass is 710 g/mol. The van der Waals surface area contributed by atoms with Crippen LogP contribution in [0.2, 0.25) is 18.1 Å². The molecule has 0 spiro atoms. The third-order valence-electron chi connectivity index (χ3n) is 9.83. The van der Waals surface area contributed by atoms with Crippen LogP contribution in [0.25, 0.3) is 0 Å². The molecule has 274 valence electrons. The van der Waals surface area contributed by atoms with E-state index in [1.807, 2.05) is 0 Å². The molecule has 13 heteroatoms. The molecule has 2 aliphatic rings. The zero-order valence-corrected chi connectivity index (χ0v) is 31.6. The maximum absolute atomic E-state index is 13.8. The summed E-state index contributed by atoms with van der Waals surface area (Å²) >= 11 is 0. The van der Waals surface area contributed by atoms with Crippen LogP contribution in [0.5, 0.6) is 23.0 Å².